The number of hydrogen-bond donors (Lipinski definition) is 1. The lowest BCUT2D eigenvalue weighted by Gasteiger charge is -2.03. The molecule has 4 nitrogen and oxygen atoms in total. The van der Waals surface area contributed by atoms with Gasteiger partial charge in [-0.2, -0.15) is 0 Å². The van der Waals surface area contributed by atoms with Crippen LogP contribution in [0, 0.1) is 6.92 Å². The molecule has 4 heteroatoms. The number of anilines is 1. The highest BCUT2D eigenvalue weighted by Gasteiger charge is 2.20. The van der Waals surface area contributed by atoms with E-state index in [1.54, 1.807) is 6.26 Å². The highest BCUT2D eigenvalue weighted by Crippen LogP contribution is 2.38. The Morgan fingerprint density at radius 1 is 1.25 bits per heavy atom. The highest BCUT2D eigenvalue weighted by molar-refractivity contribution is 5.87. The number of nitrogen functional groups attached to an aromatic ring is 1. The summed E-state index contributed by atoms with van der Waals surface area (Å²) in [6, 6.07) is 10.0. The summed E-state index contributed by atoms with van der Waals surface area (Å²) in [5, 5.41) is 4.11. The molecule has 0 aliphatic heterocycles. The minimum absolute atomic E-state index is 0.328. The van der Waals surface area contributed by atoms with Crippen molar-refractivity contribution in [2.45, 2.75) is 20.3 Å². The van der Waals surface area contributed by atoms with Gasteiger partial charge in [0.15, 0.2) is 0 Å². The first-order chi connectivity index (χ1) is 9.70. The fourth-order valence-corrected chi connectivity index (χ4v) is 2.39. The number of aryl methyl sites for hydroxylation is 2. The quantitative estimate of drug-likeness (QED) is 0.778. The molecule has 2 aromatic heterocycles. The van der Waals surface area contributed by atoms with Crippen molar-refractivity contribution in [3.8, 4) is 22.4 Å². The van der Waals surface area contributed by atoms with Crippen LogP contribution in [0.3, 0.4) is 0 Å². The second-order valence-electron chi connectivity index (χ2n) is 4.75. The first kappa shape index (κ1) is 12.5. The maximum Gasteiger partial charge on any atom is 0.230 e. The van der Waals surface area contributed by atoms with E-state index in [0.717, 1.165) is 40.1 Å². The van der Waals surface area contributed by atoms with Gasteiger partial charge in [0, 0.05) is 12.0 Å². The highest BCUT2D eigenvalue weighted by atomic mass is 16.5. The SMILES string of the molecule is CCc1occc1-c1noc(N)c1-c1cccc(C)c1. The Bertz CT molecular complexity index is 741. The molecule has 0 atom stereocenters. The van der Waals surface area contributed by atoms with E-state index in [1.807, 2.05) is 38.1 Å². The second-order valence-corrected chi connectivity index (χ2v) is 4.75. The Balaban J connectivity index is 2.20. The van der Waals surface area contributed by atoms with Crippen LogP contribution in [-0.2, 0) is 6.42 Å². The van der Waals surface area contributed by atoms with Crippen LogP contribution in [0.25, 0.3) is 22.4 Å². The van der Waals surface area contributed by atoms with Crippen LogP contribution < -0.4 is 5.73 Å². The van der Waals surface area contributed by atoms with Gasteiger partial charge in [-0.15, -0.1) is 0 Å². The molecule has 0 aliphatic carbocycles. The van der Waals surface area contributed by atoms with Crippen molar-refractivity contribution in [3.63, 3.8) is 0 Å². The third-order valence-electron chi connectivity index (χ3n) is 3.35. The second kappa shape index (κ2) is 4.89. The third-order valence-corrected chi connectivity index (χ3v) is 3.35. The average molecular weight is 268 g/mol. The van der Waals surface area contributed by atoms with E-state index in [1.165, 1.54) is 0 Å². The fourth-order valence-electron chi connectivity index (χ4n) is 2.39. The van der Waals surface area contributed by atoms with E-state index in [9.17, 15) is 0 Å². The van der Waals surface area contributed by atoms with Crippen LogP contribution in [0.15, 0.2) is 45.5 Å². The molecule has 0 aliphatic rings. The fraction of sp³-hybridized carbons (Fsp3) is 0.188. The summed E-state index contributed by atoms with van der Waals surface area (Å²) >= 11 is 0. The van der Waals surface area contributed by atoms with Crippen molar-refractivity contribution in [1.29, 1.82) is 0 Å². The van der Waals surface area contributed by atoms with Gasteiger partial charge in [0.05, 0.1) is 11.8 Å². The summed E-state index contributed by atoms with van der Waals surface area (Å²) in [6.45, 7) is 4.08. The van der Waals surface area contributed by atoms with Gasteiger partial charge in [-0.25, -0.2) is 0 Å². The number of hydrogen-bond acceptors (Lipinski definition) is 4. The van der Waals surface area contributed by atoms with E-state index in [0.29, 0.717) is 5.88 Å². The maximum absolute atomic E-state index is 5.96. The molecule has 0 spiro atoms. The van der Waals surface area contributed by atoms with Gasteiger partial charge in [-0.3, -0.25) is 0 Å². The summed E-state index contributed by atoms with van der Waals surface area (Å²) in [4.78, 5) is 0. The van der Waals surface area contributed by atoms with Crippen molar-refractivity contribution in [3.05, 3.63) is 47.9 Å². The van der Waals surface area contributed by atoms with Crippen molar-refractivity contribution in [1.82, 2.24) is 5.16 Å². The Morgan fingerprint density at radius 2 is 2.10 bits per heavy atom. The van der Waals surface area contributed by atoms with Crippen molar-refractivity contribution >= 4 is 5.88 Å². The molecule has 0 fully saturated rings. The van der Waals surface area contributed by atoms with Crippen LogP contribution in [-0.4, -0.2) is 5.16 Å². The molecule has 2 heterocycles. The topological polar surface area (TPSA) is 65.2 Å². The molecule has 1 aromatic carbocycles. The van der Waals surface area contributed by atoms with Gasteiger partial charge in [-0.1, -0.05) is 41.9 Å². The molecule has 3 aromatic rings. The largest absolute Gasteiger partial charge is 0.469 e. The van der Waals surface area contributed by atoms with Crippen LogP contribution >= 0.6 is 0 Å². The number of benzene rings is 1. The zero-order valence-corrected chi connectivity index (χ0v) is 11.5. The van der Waals surface area contributed by atoms with E-state index < -0.39 is 0 Å². The smallest absolute Gasteiger partial charge is 0.230 e. The molecule has 0 amide bonds. The normalized spacial score (nSPS) is 10.9. The molecule has 0 unspecified atom stereocenters. The van der Waals surface area contributed by atoms with Gasteiger partial charge in [0.1, 0.15) is 11.5 Å². The number of nitrogens with zero attached hydrogens (tertiary/aromatic N) is 1. The van der Waals surface area contributed by atoms with Gasteiger partial charge in [0.25, 0.3) is 0 Å². The monoisotopic (exact) mass is 268 g/mol. The Hall–Kier alpha value is -2.49. The van der Waals surface area contributed by atoms with E-state index in [-0.39, 0.29) is 0 Å². The van der Waals surface area contributed by atoms with Gasteiger partial charge in [0.2, 0.25) is 5.88 Å². The summed E-state index contributed by atoms with van der Waals surface area (Å²) in [5.74, 6) is 1.21. The van der Waals surface area contributed by atoms with E-state index in [4.69, 9.17) is 14.7 Å². The predicted molar refractivity (Wildman–Crippen MR) is 78.2 cm³/mol. The Labute approximate surface area is 117 Å². The van der Waals surface area contributed by atoms with E-state index >= 15 is 0 Å². The van der Waals surface area contributed by atoms with Crippen LogP contribution in [0.1, 0.15) is 18.2 Å². The van der Waals surface area contributed by atoms with Gasteiger partial charge in [-0.05, 0) is 18.6 Å². The Morgan fingerprint density at radius 3 is 2.85 bits per heavy atom. The lowest BCUT2D eigenvalue weighted by Crippen LogP contribution is -1.89. The number of rotatable bonds is 3. The molecule has 0 bridgehead atoms. The van der Waals surface area contributed by atoms with Crippen molar-refractivity contribution < 1.29 is 8.94 Å². The summed E-state index contributed by atoms with van der Waals surface area (Å²) in [5.41, 5.74) is 10.6. The minimum Gasteiger partial charge on any atom is -0.469 e. The lowest BCUT2D eigenvalue weighted by atomic mass is 9.99. The molecule has 0 saturated heterocycles. The molecule has 2 N–H and O–H groups in total. The predicted octanol–water partition coefficient (Wildman–Crippen LogP) is 4.05. The van der Waals surface area contributed by atoms with Crippen molar-refractivity contribution in [2.24, 2.45) is 0 Å². The molecule has 20 heavy (non-hydrogen) atoms. The number of aromatic nitrogens is 1. The van der Waals surface area contributed by atoms with Crippen molar-refractivity contribution in [2.75, 3.05) is 5.73 Å². The van der Waals surface area contributed by atoms with Crippen LogP contribution in [0.5, 0.6) is 0 Å². The zero-order chi connectivity index (χ0) is 14.1. The molecule has 0 radical (unpaired) electrons. The standard InChI is InChI=1S/C16H16N2O2/c1-3-13-12(7-8-19-13)15-14(16(17)20-18-15)11-6-4-5-10(2)9-11/h4-9H,3,17H2,1-2H3. The van der Waals surface area contributed by atoms with Crippen LogP contribution in [0.4, 0.5) is 5.88 Å². The molecule has 3 rings (SSSR count). The Kier molecular flexibility index (Phi) is 3.06. The van der Waals surface area contributed by atoms with Gasteiger partial charge >= 0.3 is 0 Å². The third kappa shape index (κ3) is 1.99. The number of nitrogens with two attached hydrogens (primary N) is 1. The summed E-state index contributed by atoms with van der Waals surface area (Å²) in [6.07, 6.45) is 2.46. The van der Waals surface area contributed by atoms with Gasteiger partial charge < -0.3 is 14.7 Å². The first-order valence-corrected chi connectivity index (χ1v) is 6.59. The molecular formula is C16H16N2O2. The van der Waals surface area contributed by atoms with E-state index in [2.05, 4.69) is 11.2 Å². The average Bonchev–Trinajstić information content (AvgIpc) is 3.04. The first-order valence-electron chi connectivity index (χ1n) is 6.59. The summed E-state index contributed by atoms with van der Waals surface area (Å²) < 4.78 is 10.7. The maximum atomic E-state index is 5.96. The number of furan rings is 1. The molecule has 0 saturated carbocycles. The zero-order valence-electron chi connectivity index (χ0n) is 11.5. The van der Waals surface area contributed by atoms with Crippen LogP contribution in [0.2, 0.25) is 0 Å². The summed E-state index contributed by atoms with van der Waals surface area (Å²) in [7, 11) is 0. The minimum atomic E-state index is 0.328. The lowest BCUT2D eigenvalue weighted by molar-refractivity contribution is 0.439. The molecular weight excluding hydrogens is 252 g/mol. The molecule has 102 valence electrons.